The molecular formula is C12H7ClF2OS. The van der Waals surface area contributed by atoms with Gasteiger partial charge in [-0.05, 0) is 24.3 Å². The Morgan fingerprint density at radius 2 is 1.82 bits per heavy atom. The van der Waals surface area contributed by atoms with Gasteiger partial charge in [-0.25, -0.2) is 8.78 Å². The first-order valence-corrected chi connectivity index (χ1v) is 5.99. The number of Topliss-reactive ketones (excluding diaryl/α,β-unsaturated/α-hetero) is 1. The Labute approximate surface area is 106 Å². The second-order valence-corrected chi connectivity index (χ2v) is 5.12. The molecule has 88 valence electrons. The molecule has 0 spiro atoms. The van der Waals surface area contributed by atoms with Gasteiger partial charge in [0.1, 0.15) is 11.6 Å². The molecule has 1 aromatic heterocycles. The van der Waals surface area contributed by atoms with Crippen molar-refractivity contribution in [1.29, 1.82) is 0 Å². The first-order chi connectivity index (χ1) is 8.08. The van der Waals surface area contributed by atoms with E-state index < -0.39 is 11.6 Å². The molecule has 0 saturated carbocycles. The molecule has 0 aliphatic rings. The van der Waals surface area contributed by atoms with Gasteiger partial charge in [-0.3, -0.25) is 4.79 Å². The monoisotopic (exact) mass is 272 g/mol. The third-order valence-electron chi connectivity index (χ3n) is 2.25. The molecule has 2 aromatic rings. The van der Waals surface area contributed by atoms with Crippen LogP contribution in [0.25, 0.3) is 0 Å². The molecule has 0 bridgehead atoms. The van der Waals surface area contributed by atoms with Crippen LogP contribution in [0.2, 0.25) is 4.34 Å². The molecule has 0 N–H and O–H groups in total. The maximum absolute atomic E-state index is 13.3. The Morgan fingerprint density at radius 3 is 2.35 bits per heavy atom. The lowest BCUT2D eigenvalue weighted by Gasteiger charge is -2.02. The number of ketones is 1. The predicted octanol–water partition coefficient (Wildman–Crippen LogP) is 4.11. The van der Waals surface area contributed by atoms with Gasteiger partial charge in [-0.1, -0.05) is 17.7 Å². The van der Waals surface area contributed by atoms with Crippen LogP contribution in [0.5, 0.6) is 0 Å². The van der Waals surface area contributed by atoms with Crippen molar-refractivity contribution >= 4 is 28.7 Å². The topological polar surface area (TPSA) is 17.1 Å². The van der Waals surface area contributed by atoms with Crippen LogP contribution in [-0.4, -0.2) is 5.78 Å². The van der Waals surface area contributed by atoms with Crippen molar-refractivity contribution in [3.8, 4) is 0 Å². The highest BCUT2D eigenvalue weighted by atomic mass is 35.5. The molecule has 0 radical (unpaired) electrons. The van der Waals surface area contributed by atoms with E-state index in [1.54, 1.807) is 12.1 Å². The van der Waals surface area contributed by atoms with Crippen molar-refractivity contribution in [2.45, 2.75) is 6.42 Å². The predicted molar refractivity (Wildman–Crippen MR) is 63.7 cm³/mol. The summed E-state index contributed by atoms with van der Waals surface area (Å²) in [5.41, 5.74) is -0.206. The van der Waals surface area contributed by atoms with Crippen LogP contribution in [0.15, 0.2) is 30.3 Å². The molecule has 0 aliphatic carbocycles. The quantitative estimate of drug-likeness (QED) is 0.769. The highest BCUT2D eigenvalue weighted by molar-refractivity contribution is 7.18. The summed E-state index contributed by atoms with van der Waals surface area (Å²) in [6.07, 6.45) is -0.296. The summed E-state index contributed by atoms with van der Waals surface area (Å²) in [6.45, 7) is 0. The van der Waals surface area contributed by atoms with Crippen LogP contribution in [-0.2, 0) is 6.42 Å². The number of benzene rings is 1. The first-order valence-electron chi connectivity index (χ1n) is 4.79. The molecule has 5 heteroatoms. The third-order valence-corrected chi connectivity index (χ3v) is 3.52. The summed E-state index contributed by atoms with van der Waals surface area (Å²) in [5.74, 6) is -1.76. The summed E-state index contributed by atoms with van der Waals surface area (Å²) >= 11 is 6.79. The molecule has 2 rings (SSSR count). The average molecular weight is 273 g/mol. The van der Waals surface area contributed by atoms with Gasteiger partial charge in [0.15, 0.2) is 5.78 Å². The number of carbonyl (C=O) groups excluding carboxylic acids is 1. The van der Waals surface area contributed by atoms with E-state index in [1.165, 1.54) is 6.07 Å². The SMILES string of the molecule is O=C(Cc1c(F)cccc1F)c1ccc(Cl)s1. The van der Waals surface area contributed by atoms with E-state index in [4.69, 9.17) is 11.6 Å². The minimum atomic E-state index is -0.707. The van der Waals surface area contributed by atoms with Crippen molar-refractivity contribution in [3.63, 3.8) is 0 Å². The molecule has 1 nitrogen and oxygen atoms in total. The molecular weight excluding hydrogens is 266 g/mol. The number of halogens is 3. The van der Waals surface area contributed by atoms with Gasteiger partial charge in [0.25, 0.3) is 0 Å². The zero-order valence-electron chi connectivity index (χ0n) is 8.54. The van der Waals surface area contributed by atoms with E-state index >= 15 is 0 Å². The summed E-state index contributed by atoms with van der Waals surface area (Å²) in [7, 11) is 0. The number of carbonyl (C=O) groups is 1. The second kappa shape index (κ2) is 4.94. The maximum atomic E-state index is 13.3. The van der Waals surface area contributed by atoms with Crippen molar-refractivity contribution < 1.29 is 13.6 Å². The zero-order chi connectivity index (χ0) is 12.4. The van der Waals surface area contributed by atoms with Crippen molar-refractivity contribution in [3.05, 3.63) is 56.7 Å². The van der Waals surface area contributed by atoms with Gasteiger partial charge in [0.2, 0.25) is 0 Å². The highest BCUT2D eigenvalue weighted by Gasteiger charge is 2.15. The van der Waals surface area contributed by atoms with Gasteiger partial charge in [-0.15, -0.1) is 11.3 Å². The number of hydrogen-bond acceptors (Lipinski definition) is 2. The van der Waals surface area contributed by atoms with Gasteiger partial charge < -0.3 is 0 Å². The van der Waals surface area contributed by atoms with Crippen molar-refractivity contribution in [2.24, 2.45) is 0 Å². The fraction of sp³-hybridized carbons (Fsp3) is 0.0833. The van der Waals surface area contributed by atoms with Crippen LogP contribution >= 0.6 is 22.9 Å². The number of thiophene rings is 1. The van der Waals surface area contributed by atoms with Crippen LogP contribution in [0.3, 0.4) is 0 Å². The Kier molecular flexibility index (Phi) is 3.54. The first kappa shape index (κ1) is 12.2. The van der Waals surface area contributed by atoms with E-state index in [0.29, 0.717) is 9.21 Å². The molecule has 0 unspecified atom stereocenters. The third kappa shape index (κ3) is 2.70. The van der Waals surface area contributed by atoms with Gasteiger partial charge in [0.05, 0.1) is 9.21 Å². The normalized spacial score (nSPS) is 10.5. The van der Waals surface area contributed by atoms with Gasteiger partial charge in [0, 0.05) is 12.0 Å². The minimum Gasteiger partial charge on any atom is -0.293 e. The Hall–Kier alpha value is -1.26. The summed E-state index contributed by atoms with van der Waals surface area (Å²) in [5, 5.41) is 0. The Balaban J connectivity index is 2.24. The average Bonchev–Trinajstić information content (AvgIpc) is 2.70. The molecule has 0 aliphatic heterocycles. The second-order valence-electron chi connectivity index (χ2n) is 3.40. The fourth-order valence-electron chi connectivity index (χ4n) is 1.41. The molecule has 0 saturated heterocycles. The zero-order valence-corrected chi connectivity index (χ0v) is 10.1. The van der Waals surface area contributed by atoms with E-state index in [9.17, 15) is 13.6 Å². The lowest BCUT2D eigenvalue weighted by molar-refractivity contribution is 0.0994. The number of rotatable bonds is 3. The number of hydrogen-bond donors (Lipinski definition) is 0. The van der Waals surface area contributed by atoms with E-state index in [-0.39, 0.29) is 17.8 Å². The van der Waals surface area contributed by atoms with Gasteiger partial charge in [-0.2, -0.15) is 0 Å². The summed E-state index contributed by atoms with van der Waals surface area (Å²) in [4.78, 5) is 12.2. The molecule has 0 atom stereocenters. The Bertz CT molecular complexity index is 545. The van der Waals surface area contributed by atoms with Crippen molar-refractivity contribution in [1.82, 2.24) is 0 Å². The molecule has 1 heterocycles. The molecule has 0 amide bonds. The summed E-state index contributed by atoms with van der Waals surface area (Å²) in [6, 6.07) is 6.66. The molecule has 17 heavy (non-hydrogen) atoms. The van der Waals surface area contributed by atoms with E-state index in [2.05, 4.69) is 0 Å². The minimum absolute atomic E-state index is 0.206. The smallest absolute Gasteiger partial charge is 0.177 e. The fourth-order valence-corrected chi connectivity index (χ4v) is 2.39. The largest absolute Gasteiger partial charge is 0.293 e. The van der Waals surface area contributed by atoms with Crippen LogP contribution in [0.1, 0.15) is 15.2 Å². The Morgan fingerprint density at radius 1 is 1.18 bits per heavy atom. The highest BCUT2D eigenvalue weighted by Crippen LogP contribution is 2.23. The van der Waals surface area contributed by atoms with E-state index in [1.807, 2.05) is 0 Å². The summed E-state index contributed by atoms with van der Waals surface area (Å²) < 4.78 is 27.1. The molecule has 0 fully saturated rings. The maximum Gasteiger partial charge on any atom is 0.177 e. The van der Waals surface area contributed by atoms with Gasteiger partial charge >= 0.3 is 0 Å². The lowest BCUT2D eigenvalue weighted by atomic mass is 10.1. The lowest BCUT2D eigenvalue weighted by Crippen LogP contribution is -2.05. The van der Waals surface area contributed by atoms with Crippen molar-refractivity contribution in [2.75, 3.05) is 0 Å². The van der Waals surface area contributed by atoms with Crippen LogP contribution < -0.4 is 0 Å². The van der Waals surface area contributed by atoms with Crippen LogP contribution in [0.4, 0.5) is 8.78 Å². The van der Waals surface area contributed by atoms with Crippen LogP contribution in [0, 0.1) is 11.6 Å². The standard InChI is InChI=1S/C12H7ClF2OS/c13-12-5-4-11(17-12)10(16)6-7-8(14)2-1-3-9(7)15/h1-5H,6H2. The molecule has 1 aromatic carbocycles. The van der Waals surface area contributed by atoms with E-state index in [0.717, 1.165) is 23.5 Å².